The summed E-state index contributed by atoms with van der Waals surface area (Å²) in [6, 6.07) is 19.8. The molecule has 0 amide bonds. The maximum absolute atomic E-state index is 12.9. The summed E-state index contributed by atoms with van der Waals surface area (Å²) < 4.78 is 32.4. The van der Waals surface area contributed by atoms with Gasteiger partial charge in [0.25, 0.3) is 0 Å². The van der Waals surface area contributed by atoms with Crippen LogP contribution in [0, 0.1) is 0 Å². The highest BCUT2D eigenvalue weighted by Gasteiger charge is 2.48. The highest BCUT2D eigenvalue weighted by molar-refractivity contribution is 9.47. The standard InChI is InChI=1S/C21H16Br2O3S/c1-26-21(27(23,24)25)12-11-15-13-16(22)9-10-18(15)20(21)19-8-4-6-14-5-2-3-7-17(14)19/h2-11,13H,12H2,1H3. The number of hydrogen-bond acceptors (Lipinski definition) is 3. The fourth-order valence-electron chi connectivity index (χ4n) is 3.78. The third-order valence-electron chi connectivity index (χ3n) is 5.04. The molecule has 0 fully saturated rings. The van der Waals surface area contributed by atoms with Crippen LogP contribution in [0.2, 0.25) is 0 Å². The van der Waals surface area contributed by atoms with Gasteiger partial charge in [0.05, 0.1) is 14.8 Å². The number of fused-ring (bicyclic) bond motifs is 2. The van der Waals surface area contributed by atoms with E-state index in [0.29, 0.717) is 5.57 Å². The van der Waals surface area contributed by atoms with Crippen molar-refractivity contribution in [1.29, 1.82) is 0 Å². The molecule has 6 heteroatoms. The molecule has 3 nitrogen and oxygen atoms in total. The molecule has 1 aliphatic rings. The molecule has 0 saturated carbocycles. The lowest BCUT2D eigenvalue weighted by molar-refractivity contribution is 0.116. The van der Waals surface area contributed by atoms with Crippen LogP contribution in [-0.4, -0.2) is 20.5 Å². The van der Waals surface area contributed by atoms with Gasteiger partial charge >= 0.3 is 0 Å². The van der Waals surface area contributed by atoms with Gasteiger partial charge < -0.3 is 4.74 Å². The highest BCUT2D eigenvalue weighted by Crippen LogP contribution is 2.42. The van der Waals surface area contributed by atoms with E-state index < -0.39 is 13.2 Å². The highest BCUT2D eigenvalue weighted by atomic mass is 79.9. The summed E-state index contributed by atoms with van der Waals surface area (Å²) >= 11 is 6.43. The van der Waals surface area contributed by atoms with Crippen LogP contribution in [0.25, 0.3) is 22.4 Å². The number of benzene rings is 3. The monoisotopic (exact) mass is 506 g/mol. The molecule has 0 aliphatic heterocycles. The van der Waals surface area contributed by atoms with Crippen molar-refractivity contribution in [2.45, 2.75) is 11.4 Å². The molecule has 0 radical (unpaired) electrons. The van der Waals surface area contributed by atoms with Crippen LogP contribution in [0.4, 0.5) is 0 Å². The molecule has 138 valence electrons. The average Bonchev–Trinajstić information content (AvgIpc) is 2.65. The van der Waals surface area contributed by atoms with Gasteiger partial charge in [-0.15, -0.1) is 0 Å². The van der Waals surface area contributed by atoms with E-state index in [-0.39, 0.29) is 6.42 Å². The molecule has 1 unspecified atom stereocenters. The van der Waals surface area contributed by atoms with Gasteiger partial charge in [0, 0.05) is 23.6 Å². The Labute approximate surface area is 173 Å². The van der Waals surface area contributed by atoms with Gasteiger partial charge in [-0.3, -0.25) is 0 Å². The Kier molecular flexibility index (Phi) is 4.79. The molecular formula is C21H16Br2O3S. The van der Waals surface area contributed by atoms with E-state index in [9.17, 15) is 8.42 Å². The van der Waals surface area contributed by atoms with Crippen molar-refractivity contribution in [3.05, 3.63) is 81.1 Å². The summed E-state index contributed by atoms with van der Waals surface area (Å²) in [5.41, 5.74) is 1.51. The van der Waals surface area contributed by atoms with Crippen LogP contribution >= 0.6 is 30.7 Å². The Morgan fingerprint density at radius 2 is 1.78 bits per heavy atom. The SMILES string of the molecule is COC1(S(=O)(=O)Br)CC=c2cc(Br)ccc2=C1c1cccc2ccccc12. The third-order valence-corrected chi connectivity index (χ3v) is 8.42. The molecule has 1 aliphatic carbocycles. The van der Waals surface area contributed by atoms with E-state index >= 15 is 0 Å². The molecule has 0 bridgehead atoms. The van der Waals surface area contributed by atoms with Crippen molar-refractivity contribution in [3.63, 3.8) is 0 Å². The van der Waals surface area contributed by atoms with Gasteiger partial charge in [-0.25, -0.2) is 8.42 Å². The molecule has 0 aromatic heterocycles. The quantitative estimate of drug-likeness (QED) is 0.502. The Morgan fingerprint density at radius 3 is 2.52 bits per heavy atom. The first-order chi connectivity index (χ1) is 12.9. The Morgan fingerprint density at radius 1 is 1.04 bits per heavy atom. The van der Waals surface area contributed by atoms with E-state index in [1.165, 1.54) is 7.11 Å². The fraction of sp³-hybridized carbons (Fsp3) is 0.143. The minimum absolute atomic E-state index is 0.221. The van der Waals surface area contributed by atoms with Gasteiger partial charge in [0.15, 0.2) is 0 Å². The normalized spacial score (nSPS) is 19.6. The first-order valence-electron chi connectivity index (χ1n) is 8.35. The van der Waals surface area contributed by atoms with E-state index in [0.717, 1.165) is 31.2 Å². The number of rotatable bonds is 3. The Hall–Kier alpha value is -1.47. The van der Waals surface area contributed by atoms with Crippen LogP contribution in [0.15, 0.2) is 65.1 Å². The predicted molar refractivity (Wildman–Crippen MR) is 117 cm³/mol. The van der Waals surface area contributed by atoms with Gasteiger partial charge in [-0.1, -0.05) is 70.5 Å². The number of hydrogen-bond donors (Lipinski definition) is 0. The molecule has 0 saturated heterocycles. The summed E-state index contributed by atoms with van der Waals surface area (Å²) in [4.78, 5) is -1.50. The van der Waals surface area contributed by atoms with Crippen molar-refractivity contribution >= 4 is 61.4 Å². The summed E-state index contributed by atoms with van der Waals surface area (Å²) in [7, 11) is -2.30. The van der Waals surface area contributed by atoms with Crippen molar-refractivity contribution in [2.24, 2.45) is 0 Å². The lowest BCUT2D eigenvalue weighted by Crippen LogP contribution is -2.48. The van der Waals surface area contributed by atoms with E-state index in [1.807, 2.05) is 66.7 Å². The number of methoxy groups -OCH3 is 1. The summed E-state index contributed by atoms with van der Waals surface area (Å²) in [5.74, 6) is 0. The Balaban J connectivity index is 2.25. The second kappa shape index (κ2) is 6.85. The van der Waals surface area contributed by atoms with Crippen LogP contribution in [0.3, 0.4) is 0 Å². The third kappa shape index (κ3) is 2.99. The van der Waals surface area contributed by atoms with Gasteiger partial charge in [0.1, 0.15) is 0 Å². The molecule has 4 rings (SSSR count). The molecule has 1 atom stereocenters. The molecular weight excluding hydrogens is 492 g/mol. The molecule has 3 aromatic rings. The van der Waals surface area contributed by atoms with Gasteiger partial charge in [-0.05, 0) is 38.9 Å². The van der Waals surface area contributed by atoms with Crippen LogP contribution in [0.5, 0.6) is 0 Å². The first-order valence-corrected chi connectivity index (χ1v) is 12.5. The fourth-order valence-corrected chi connectivity index (χ4v) is 6.38. The zero-order valence-electron chi connectivity index (χ0n) is 14.4. The number of halogens is 2. The van der Waals surface area contributed by atoms with Crippen LogP contribution in [0.1, 0.15) is 12.0 Å². The van der Waals surface area contributed by atoms with Crippen LogP contribution in [-0.2, 0) is 13.0 Å². The predicted octanol–water partition coefficient (Wildman–Crippen LogP) is 4.05. The largest absolute Gasteiger partial charge is 0.357 e. The van der Waals surface area contributed by atoms with Crippen molar-refractivity contribution in [2.75, 3.05) is 7.11 Å². The van der Waals surface area contributed by atoms with E-state index in [2.05, 4.69) is 30.7 Å². The summed E-state index contributed by atoms with van der Waals surface area (Å²) in [6.45, 7) is 0. The number of ether oxygens (including phenoxy) is 1. The maximum Gasteiger partial charge on any atom is 0.243 e. The van der Waals surface area contributed by atoms with Crippen molar-refractivity contribution in [1.82, 2.24) is 0 Å². The molecule has 0 N–H and O–H groups in total. The zero-order valence-corrected chi connectivity index (χ0v) is 18.4. The molecule has 3 aromatic carbocycles. The topological polar surface area (TPSA) is 43.4 Å². The van der Waals surface area contributed by atoms with Crippen molar-refractivity contribution in [3.8, 4) is 0 Å². The first kappa shape index (κ1) is 18.9. The zero-order chi connectivity index (χ0) is 19.2. The van der Waals surface area contributed by atoms with Crippen LogP contribution < -0.4 is 10.4 Å². The van der Waals surface area contributed by atoms with E-state index in [1.54, 1.807) is 0 Å². The molecule has 27 heavy (non-hydrogen) atoms. The average molecular weight is 508 g/mol. The van der Waals surface area contributed by atoms with Gasteiger partial charge in [0.2, 0.25) is 13.2 Å². The summed E-state index contributed by atoms with van der Waals surface area (Å²) in [5, 5.41) is 3.87. The maximum atomic E-state index is 12.9. The molecule has 0 spiro atoms. The van der Waals surface area contributed by atoms with Gasteiger partial charge in [-0.2, -0.15) is 0 Å². The second-order valence-electron chi connectivity index (χ2n) is 6.44. The lowest BCUT2D eigenvalue weighted by Gasteiger charge is -2.34. The minimum atomic E-state index is -3.75. The Bertz CT molecular complexity index is 1280. The summed E-state index contributed by atoms with van der Waals surface area (Å²) in [6.07, 6.45) is 2.14. The smallest absolute Gasteiger partial charge is 0.243 e. The second-order valence-corrected chi connectivity index (χ2v) is 11.4. The van der Waals surface area contributed by atoms with E-state index in [4.69, 9.17) is 4.74 Å². The van der Waals surface area contributed by atoms with Crippen molar-refractivity contribution < 1.29 is 13.2 Å². The minimum Gasteiger partial charge on any atom is -0.357 e. The lowest BCUT2D eigenvalue weighted by atomic mass is 9.88. The molecule has 0 heterocycles.